The molecule has 1 N–H and O–H groups in total. The second-order valence-corrected chi connectivity index (χ2v) is 10.1. The highest BCUT2D eigenvalue weighted by atomic mass is 32.2. The van der Waals surface area contributed by atoms with Crippen molar-refractivity contribution in [2.24, 2.45) is 5.92 Å². The van der Waals surface area contributed by atoms with Crippen molar-refractivity contribution in [3.05, 3.63) is 83.2 Å². The van der Waals surface area contributed by atoms with Crippen LogP contribution in [0.2, 0.25) is 0 Å². The third-order valence-electron chi connectivity index (χ3n) is 6.74. The zero-order valence-electron chi connectivity index (χ0n) is 20.5. The molecule has 37 heavy (non-hydrogen) atoms. The molecule has 8 nitrogen and oxygen atoms in total. The summed E-state index contributed by atoms with van der Waals surface area (Å²) in [5.41, 5.74) is 5.32. The van der Waals surface area contributed by atoms with E-state index in [2.05, 4.69) is 11.1 Å². The molecule has 0 spiro atoms. The Morgan fingerprint density at radius 1 is 1.14 bits per heavy atom. The topological polar surface area (TPSA) is 116 Å². The van der Waals surface area contributed by atoms with Crippen molar-refractivity contribution < 1.29 is 23.5 Å². The van der Waals surface area contributed by atoms with Crippen LogP contribution in [-0.2, 0) is 29.0 Å². The number of fused-ring (bicyclic) bond motifs is 1. The number of pyridine rings is 1. The number of aromatic carboxylic acids is 1. The number of carboxylic acids is 1. The molecule has 5 rings (SSSR count). The van der Waals surface area contributed by atoms with Gasteiger partial charge in [0.15, 0.2) is 5.69 Å². The summed E-state index contributed by atoms with van der Waals surface area (Å²) in [6, 6.07) is 18.3. The molecule has 0 aliphatic heterocycles. The first-order chi connectivity index (χ1) is 17.8. The number of carboxylic acid groups (broad SMARTS) is 1. The highest BCUT2D eigenvalue weighted by Crippen LogP contribution is 2.37. The summed E-state index contributed by atoms with van der Waals surface area (Å²) in [6.45, 7) is 4.44. The van der Waals surface area contributed by atoms with Gasteiger partial charge in [-0.15, -0.1) is 0 Å². The van der Waals surface area contributed by atoms with Crippen LogP contribution in [-0.4, -0.2) is 35.3 Å². The van der Waals surface area contributed by atoms with E-state index in [1.54, 1.807) is 24.3 Å². The Balaban J connectivity index is 1.49. The fraction of sp³-hybridized carbons (Fsp3) is 0.250. The number of hydrogen-bond acceptors (Lipinski definition) is 5. The number of anilines is 1. The summed E-state index contributed by atoms with van der Waals surface area (Å²) in [4.78, 5) is 28.7. The molecule has 190 valence electrons. The zero-order chi connectivity index (χ0) is 26.3. The van der Waals surface area contributed by atoms with Gasteiger partial charge in [0.25, 0.3) is 0 Å². The van der Waals surface area contributed by atoms with Crippen LogP contribution in [0.4, 0.5) is 5.69 Å². The number of nitrogens with zero attached hydrogens (tertiary/aromatic N) is 3. The maximum absolute atomic E-state index is 12.7. The van der Waals surface area contributed by atoms with Gasteiger partial charge in [-0.05, 0) is 61.1 Å². The predicted molar refractivity (Wildman–Crippen MR) is 141 cm³/mol. The van der Waals surface area contributed by atoms with E-state index in [0.29, 0.717) is 36.3 Å². The van der Waals surface area contributed by atoms with Crippen molar-refractivity contribution in [3.63, 3.8) is 0 Å². The Morgan fingerprint density at radius 2 is 1.84 bits per heavy atom. The molecular formula is C28H26N3O5S-. The van der Waals surface area contributed by atoms with E-state index < -0.39 is 23.1 Å². The number of rotatable bonds is 8. The standard InChI is InChI=1S/C28H27N3O5S/c1-3-21-15-23-17(2)14-24(28(33)34)29-26(23)30(21)16-18-8-10-19(11-9-18)22-6-4-5-7-25(22)31(37(35)36)27(32)20-12-13-20/h4-11,14-15,20H,3,12-13,16H2,1-2H3,(H,33,34)(H,35,36)/p-1. The molecule has 1 aliphatic rings. The first-order valence-corrected chi connectivity index (χ1v) is 13.2. The minimum Gasteiger partial charge on any atom is -0.755 e. The van der Waals surface area contributed by atoms with Gasteiger partial charge in [-0.3, -0.25) is 9.00 Å². The second-order valence-electron chi connectivity index (χ2n) is 9.28. The van der Waals surface area contributed by atoms with Crippen molar-refractivity contribution in [2.75, 3.05) is 4.31 Å². The fourth-order valence-electron chi connectivity index (χ4n) is 4.65. The molecule has 9 heteroatoms. The first kappa shape index (κ1) is 24.9. The monoisotopic (exact) mass is 516 g/mol. The highest BCUT2D eigenvalue weighted by Gasteiger charge is 2.35. The molecule has 1 aliphatic carbocycles. The number of benzene rings is 2. The minimum atomic E-state index is -2.72. The maximum Gasteiger partial charge on any atom is 0.354 e. The normalized spacial score (nSPS) is 14.0. The number of aromatic nitrogens is 2. The Morgan fingerprint density at radius 3 is 2.46 bits per heavy atom. The molecule has 0 bridgehead atoms. The summed E-state index contributed by atoms with van der Waals surface area (Å²) < 4.78 is 26.9. The van der Waals surface area contributed by atoms with Gasteiger partial charge < -0.3 is 14.2 Å². The van der Waals surface area contributed by atoms with Crippen LogP contribution in [0.15, 0.2) is 60.7 Å². The minimum absolute atomic E-state index is 0.0139. The summed E-state index contributed by atoms with van der Waals surface area (Å²) in [7, 11) is 0. The average molecular weight is 517 g/mol. The zero-order valence-corrected chi connectivity index (χ0v) is 21.3. The first-order valence-electron chi connectivity index (χ1n) is 12.1. The number of para-hydroxylation sites is 1. The predicted octanol–water partition coefficient (Wildman–Crippen LogP) is 4.86. The van der Waals surface area contributed by atoms with Crippen LogP contribution in [0.25, 0.3) is 22.2 Å². The maximum atomic E-state index is 12.7. The lowest BCUT2D eigenvalue weighted by atomic mass is 10.0. The summed E-state index contributed by atoms with van der Waals surface area (Å²) in [5, 5.41) is 10.4. The van der Waals surface area contributed by atoms with E-state index in [4.69, 9.17) is 0 Å². The Bertz CT molecular complexity index is 1540. The van der Waals surface area contributed by atoms with Crippen LogP contribution in [0, 0.1) is 12.8 Å². The smallest absolute Gasteiger partial charge is 0.354 e. The van der Waals surface area contributed by atoms with E-state index in [0.717, 1.165) is 38.5 Å². The molecule has 1 unspecified atom stereocenters. The van der Waals surface area contributed by atoms with Gasteiger partial charge in [0.1, 0.15) is 5.65 Å². The molecule has 4 aromatic rings. The summed E-state index contributed by atoms with van der Waals surface area (Å²) in [6.07, 6.45) is 2.18. The summed E-state index contributed by atoms with van der Waals surface area (Å²) in [5.74, 6) is -1.70. The second kappa shape index (κ2) is 9.91. The van der Waals surface area contributed by atoms with Gasteiger partial charge >= 0.3 is 5.97 Å². The van der Waals surface area contributed by atoms with Crippen LogP contribution in [0.5, 0.6) is 0 Å². The molecule has 1 atom stereocenters. The van der Waals surface area contributed by atoms with E-state index in [1.807, 2.05) is 48.7 Å². The van der Waals surface area contributed by atoms with Crippen molar-refractivity contribution in [2.45, 2.75) is 39.7 Å². The van der Waals surface area contributed by atoms with Crippen molar-refractivity contribution in [1.29, 1.82) is 0 Å². The SMILES string of the molecule is CCc1cc2c(C)cc(C(=O)O)nc2n1Cc1ccc(-c2ccccc2N(C(=O)C2CC2)S(=O)[O-])cc1. The number of hydrogen-bond donors (Lipinski definition) is 1. The van der Waals surface area contributed by atoms with Gasteiger partial charge in [0.05, 0.1) is 17.0 Å². The van der Waals surface area contributed by atoms with Gasteiger partial charge in [0.2, 0.25) is 5.91 Å². The van der Waals surface area contributed by atoms with Crippen LogP contribution < -0.4 is 4.31 Å². The lowest BCUT2D eigenvalue weighted by molar-refractivity contribution is -0.118. The van der Waals surface area contributed by atoms with Crippen LogP contribution in [0.1, 0.15) is 47.1 Å². The number of aryl methyl sites for hydroxylation is 2. The Labute approximate surface area is 217 Å². The fourth-order valence-corrected chi connectivity index (χ4v) is 5.26. The molecule has 0 saturated heterocycles. The molecule has 1 fully saturated rings. The highest BCUT2D eigenvalue weighted by molar-refractivity contribution is 7.81. The van der Waals surface area contributed by atoms with E-state index >= 15 is 0 Å². The van der Waals surface area contributed by atoms with Gasteiger partial charge in [-0.25, -0.2) is 14.1 Å². The van der Waals surface area contributed by atoms with Gasteiger partial charge in [-0.1, -0.05) is 49.4 Å². The number of carbonyl (C=O) groups excluding carboxylic acids is 1. The Hall–Kier alpha value is -3.82. The molecule has 1 amide bonds. The third kappa shape index (κ3) is 4.80. The van der Waals surface area contributed by atoms with Gasteiger partial charge in [-0.2, -0.15) is 0 Å². The van der Waals surface area contributed by atoms with E-state index in [-0.39, 0.29) is 11.6 Å². The quantitative estimate of drug-likeness (QED) is 0.335. The number of amides is 1. The Kier molecular flexibility index (Phi) is 6.66. The molecule has 0 radical (unpaired) electrons. The van der Waals surface area contributed by atoms with Crippen molar-refractivity contribution >= 4 is 39.9 Å². The van der Waals surface area contributed by atoms with E-state index in [1.165, 1.54) is 0 Å². The lowest BCUT2D eigenvalue weighted by Gasteiger charge is -2.26. The van der Waals surface area contributed by atoms with Crippen molar-refractivity contribution in [3.8, 4) is 11.1 Å². The lowest BCUT2D eigenvalue weighted by Crippen LogP contribution is -2.34. The van der Waals surface area contributed by atoms with E-state index in [9.17, 15) is 23.5 Å². The van der Waals surface area contributed by atoms with Crippen LogP contribution in [0.3, 0.4) is 0 Å². The van der Waals surface area contributed by atoms with Crippen LogP contribution >= 0.6 is 0 Å². The molecule has 2 aromatic heterocycles. The molecule has 2 heterocycles. The molecule has 2 aromatic carbocycles. The molecule has 1 saturated carbocycles. The largest absolute Gasteiger partial charge is 0.755 e. The summed E-state index contributed by atoms with van der Waals surface area (Å²) >= 11 is -2.72. The van der Waals surface area contributed by atoms with Crippen molar-refractivity contribution in [1.82, 2.24) is 9.55 Å². The average Bonchev–Trinajstić information content (AvgIpc) is 3.67. The molecular weight excluding hydrogens is 490 g/mol. The number of carbonyl (C=O) groups is 2. The van der Waals surface area contributed by atoms with Gasteiger partial charge in [0, 0.05) is 29.1 Å². The third-order valence-corrected chi connectivity index (χ3v) is 7.42.